The molecule has 128 valence electrons. The Morgan fingerprint density at radius 2 is 1.83 bits per heavy atom. The molecule has 0 aliphatic carbocycles. The number of amides is 2. The van der Waals surface area contributed by atoms with Crippen LogP contribution in [0.5, 0.6) is 0 Å². The SMILES string of the molecule is CCCNC(=O)[C@H](CCc1ccccc1)NC(=O)OC(C)(C)C. The molecule has 0 aliphatic heterocycles. The number of hydrogen-bond donors (Lipinski definition) is 2. The van der Waals surface area contributed by atoms with E-state index >= 15 is 0 Å². The molecule has 0 saturated heterocycles. The lowest BCUT2D eigenvalue weighted by molar-refractivity contribution is -0.123. The molecule has 0 fully saturated rings. The maximum Gasteiger partial charge on any atom is 0.408 e. The summed E-state index contributed by atoms with van der Waals surface area (Å²) in [6, 6.07) is 9.29. The monoisotopic (exact) mass is 320 g/mol. The van der Waals surface area contributed by atoms with Crippen LogP contribution in [0.4, 0.5) is 4.79 Å². The van der Waals surface area contributed by atoms with Crippen LogP contribution in [-0.4, -0.2) is 30.2 Å². The van der Waals surface area contributed by atoms with Crippen molar-refractivity contribution < 1.29 is 14.3 Å². The molecule has 0 saturated carbocycles. The maximum absolute atomic E-state index is 12.2. The van der Waals surface area contributed by atoms with Gasteiger partial charge in [0.15, 0.2) is 0 Å². The van der Waals surface area contributed by atoms with E-state index in [9.17, 15) is 9.59 Å². The van der Waals surface area contributed by atoms with Crippen LogP contribution < -0.4 is 10.6 Å². The number of nitrogens with one attached hydrogen (secondary N) is 2. The second kappa shape index (κ2) is 9.18. The van der Waals surface area contributed by atoms with Crippen molar-refractivity contribution >= 4 is 12.0 Å². The van der Waals surface area contributed by atoms with Gasteiger partial charge in [-0.05, 0) is 45.6 Å². The first kappa shape index (κ1) is 19.0. The van der Waals surface area contributed by atoms with E-state index in [0.717, 1.165) is 12.0 Å². The quantitative estimate of drug-likeness (QED) is 0.811. The van der Waals surface area contributed by atoms with Gasteiger partial charge in [-0.1, -0.05) is 37.3 Å². The molecule has 1 rings (SSSR count). The molecule has 0 bridgehead atoms. The molecule has 0 aliphatic rings. The summed E-state index contributed by atoms with van der Waals surface area (Å²) in [5.74, 6) is -0.173. The average molecular weight is 320 g/mol. The second-order valence-electron chi connectivity index (χ2n) is 6.51. The molecule has 0 aromatic heterocycles. The minimum Gasteiger partial charge on any atom is -0.444 e. The van der Waals surface area contributed by atoms with E-state index in [0.29, 0.717) is 19.4 Å². The molecular formula is C18H28N2O3. The summed E-state index contributed by atoms with van der Waals surface area (Å²) in [5.41, 5.74) is 0.542. The van der Waals surface area contributed by atoms with Crippen LogP contribution >= 0.6 is 0 Å². The zero-order chi connectivity index (χ0) is 17.3. The Morgan fingerprint density at radius 3 is 2.39 bits per heavy atom. The number of aryl methyl sites for hydroxylation is 1. The van der Waals surface area contributed by atoms with Crippen LogP contribution in [0.2, 0.25) is 0 Å². The van der Waals surface area contributed by atoms with Gasteiger partial charge in [0.25, 0.3) is 0 Å². The summed E-state index contributed by atoms with van der Waals surface area (Å²) >= 11 is 0. The first-order chi connectivity index (χ1) is 10.8. The first-order valence-corrected chi connectivity index (χ1v) is 8.13. The van der Waals surface area contributed by atoms with Gasteiger partial charge in [0.1, 0.15) is 11.6 Å². The highest BCUT2D eigenvalue weighted by atomic mass is 16.6. The minimum absolute atomic E-state index is 0.173. The highest BCUT2D eigenvalue weighted by Gasteiger charge is 2.23. The predicted molar refractivity (Wildman–Crippen MR) is 91.2 cm³/mol. The van der Waals surface area contributed by atoms with Gasteiger partial charge in [-0.15, -0.1) is 0 Å². The summed E-state index contributed by atoms with van der Waals surface area (Å²) in [5, 5.41) is 5.51. The molecule has 2 amide bonds. The largest absolute Gasteiger partial charge is 0.444 e. The third-order valence-corrected chi connectivity index (χ3v) is 3.12. The topological polar surface area (TPSA) is 67.4 Å². The van der Waals surface area contributed by atoms with E-state index in [4.69, 9.17) is 4.74 Å². The van der Waals surface area contributed by atoms with Crippen molar-refractivity contribution in [3.8, 4) is 0 Å². The van der Waals surface area contributed by atoms with Crippen molar-refractivity contribution in [1.29, 1.82) is 0 Å². The number of carbonyl (C=O) groups excluding carboxylic acids is 2. The normalized spacial score (nSPS) is 12.3. The molecule has 5 nitrogen and oxygen atoms in total. The Morgan fingerprint density at radius 1 is 1.17 bits per heavy atom. The molecule has 0 heterocycles. The Labute approximate surface area is 138 Å². The van der Waals surface area contributed by atoms with Crippen molar-refractivity contribution in [2.24, 2.45) is 0 Å². The van der Waals surface area contributed by atoms with Crippen LogP contribution in [0.15, 0.2) is 30.3 Å². The summed E-state index contributed by atoms with van der Waals surface area (Å²) in [6.45, 7) is 7.96. The van der Waals surface area contributed by atoms with E-state index in [2.05, 4.69) is 10.6 Å². The number of benzene rings is 1. The maximum atomic E-state index is 12.2. The van der Waals surface area contributed by atoms with Gasteiger partial charge in [0.05, 0.1) is 0 Å². The Kier molecular flexibility index (Phi) is 7.59. The lowest BCUT2D eigenvalue weighted by atomic mass is 10.0. The number of alkyl carbamates (subject to hydrolysis) is 1. The molecular weight excluding hydrogens is 292 g/mol. The molecule has 0 unspecified atom stereocenters. The average Bonchev–Trinajstić information content (AvgIpc) is 2.48. The van der Waals surface area contributed by atoms with Gasteiger partial charge >= 0.3 is 6.09 Å². The number of carbonyl (C=O) groups is 2. The molecule has 1 aromatic rings. The zero-order valence-electron chi connectivity index (χ0n) is 14.5. The van der Waals surface area contributed by atoms with Crippen molar-refractivity contribution in [3.63, 3.8) is 0 Å². The summed E-state index contributed by atoms with van der Waals surface area (Å²) in [7, 11) is 0. The van der Waals surface area contributed by atoms with Crippen molar-refractivity contribution in [3.05, 3.63) is 35.9 Å². The molecule has 1 aromatic carbocycles. The van der Waals surface area contributed by atoms with Crippen molar-refractivity contribution in [1.82, 2.24) is 10.6 Å². The van der Waals surface area contributed by atoms with Gasteiger partial charge < -0.3 is 15.4 Å². The Balaban J connectivity index is 2.64. The minimum atomic E-state index is -0.600. The van der Waals surface area contributed by atoms with Crippen LogP contribution in [-0.2, 0) is 16.0 Å². The Hall–Kier alpha value is -2.04. The van der Waals surface area contributed by atoms with E-state index in [1.807, 2.05) is 37.3 Å². The number of hydrogen-bond acceptors (Lipinski definition) is 3. The van der Waals surface area contributed by atoms with Gasteiger partial charge in [0, 0.05) is 6.54 Å². The van der Waals surface area contributed by atoms with E-state index in [1.165, 1.54) is 0 Å². The van der Waals surface area contributed by atoms with Crippen molar-refractivity contribution in [2.75, 3.05) is 6.54 Å². The van der Waals surface area contributed by atoms with Gasteiger partial charge in [-0.3, -0.25) is 4.79 Å². The van der Waals surface area contributed by atoms with E-state index < -0.39 is 17.7 Å². The smallest absolute Gasteiger partial charge is 0.408 e. The molecule has 5 heteroatoms. The lowest BCUT2D eigenvalue weighted by Gasteiger charge is -2.23. The molecule has 2 N–H and O–H groups in total. The third kappa shape index (κ3) is 8.24. The van der Waals surface area contributed by atoms with Gasteiger partial charge in [-0.2, -0.15) is 0 Å². The fourth-order valence-corrected chi connectivity index (χ4v) is 2.05. The highest BCUT2D eigenvalue weighted by molar-refractivity contribution is 5.85. The zero-order valence-corrected chi connectivity index (χ0v) is 14.5. The second-order valence-corrected chi connectivity index (χ2v) is 6.51. The fourth-order valence-electron chi connectivity index (χ4n) is 2.05. The molecule has 23 heavy (non-hydrogen) atoms. The van der Waals surface area contributed by atoms with Crippen LogP contribution in [0.25, 0.3) is 0 Å². The first-order valence-electron chi connectivity index (χ1n) is 8.13. The molecule has 0 radical (unpaired) electrons. The molecule has 1 atom stereocenters. The van der Waals surface area contributed by atoms with Crippen LogP contribution in [0.1, 0.15) is 46.1 Å². The van der Waals surface area contributed by atoms with Gasteiger partial charge in [-0.25, -0.2) is 4.79 Å². The highest BCUT2D eigenvalue weighted by Crippen LogP contribution is 2.09. The van der Waals surface area contributed by atoms with E-state index in [-0.39, 0.29) is 5.91 Å². The summed E-state index contributed by atoms with van der Waals surface area (Å²) in [6.07, 6.45) is 1.52. The van der Waals surface area contributed by atoms with Crippen LogP contribution in [0.3, 0.4) is 0 Å². The predicted octanol–water partition coefficient (Wildman–Crippen LogP) is 3.04. The summed E-state index contributed by atoms with van der Waals surface area (Å²) < 4.78 is 5.24. The Bertz CT molecular complexity index is 495. The summed E-state index contributed by atoms with van der Waals surface area (Å²) in [4.78, 5) is 24.2. The fraction of sp³-hybridized carbons (Fsp3) is 0.556. The van der Waals surface area contributed by atoms with E-state index in [1.54, 1.807) is 20.8 Å². The standard InChI is InChI=1S/C18H28N2O3/c1-5-13-19-16(21)15(20-17(22)23-18(2,3)4)12-11-14-9-7-6-8-10-14/h6-10,15H,5,11-13H2,1-4H3,(H,19,21)(H,20,22)/t15-/m0/s1. The molecule has 0 spiro atoms. The van der Waals surface area contributed by atoms with Crippen molar-refractivity contribution in [2.45, 2.75) is 58.6 Å². The van der Waals surface area contributed by atoms with Crippen LogP contribution in [0, 0.1) is 0 Å². The lowest BCUT2D eigenvalue weighted by Crippen LogP contribution is -2.48. The van der Waals surface area contributed by atoms with Gasteiger partial charge in [0.2, 0.25) is 5.91 Å². The third-order valence-electron chi connectivity index (χ3n) is 3.12. The number of ether oxygens (including phenoxy) is 1. The number of rotatable bonds is 7.